The summed E-state index contributed by atoms with van der Waals surface area (Å²) in [5.74, 6) is 1.67. The summed E-state index contributed by atoms with van der Waals surface area (Å²) in [6, 6.07) is 6.50. The first-order chi connectivity index (χ1) is 8.95. The summed E-state index contributed by atoms with van der Waals surface area (Å²) in [6.45, 7) is 5.53. The van der Waals surface area contributed by atoms with Crippen LogP contribution in [-0.4, -0.2) is 32.3 Å². The summed E-state index contributed by atoms with van der Waals surface area (Å²) in [6.07, 6.45) is 0.976. The molecule has 1 aliphatic heterocycles. The lowest BCUT2D eigenvalue weighted by Crippen LogP contribution is -2.35. The van der Waals surface area contributed by atoms with Crippen LogP contribution in [0.4, 0.5) is 0 Å². The fraction of sp³-hybridized carbons (Fsp3) is 0.600. The second-order valence-electron chi connectivity index (χ2n) is 6.01. The zero-order valence-corrected chi connectivity index (χ0v) is 12.3. The Kier molecular flexibility index (Phi) is 4.02. The van der Waals surface area contributed by atoms with E-state index in [2.05, 4.69) is 45.0 Å². The standard InChI is InChI=1S/C15H24N2O2/c1-15(2,7-8-16)14(17(3)4)11-5-6-12-13(9-11)19-10-18-12/h5-6,9,14H,7-8,10,16H2,1-4H3. The molecule has 106 valence electrons. The Morgan fingerprint density at radius 2 is 1.95 bits per heavy atom. The van der Waals surface area contributed by atoms with Gasteiger partial charge in [-0.05, 0) is 50.2 Å². The highest BCUT2D eigenvalue weighted by Crippen LogP contribution is 2.43. The highest BCUT2D eigenvalue weighted by atomic mass is 16.7. The first kappa shape index (κ1) is 14.2. The van der Waals surface area contributed by atoms with E-state index in [4.69, 9.17) is 15.2 Å². The van der Waals surface area contributed by atoms with Crippen LogP contribution in [-0.2, 0) is 0 Å². The Bertz CT molecular complexity index is 444. The molecule has 0 radical (unpaired) electrons. The molecule has 1 heterocycles. The summed E-state index contributed by atoms with van der Waals surface area (Å²) in [5.41, 5.74) is 7.10. The Morgan fingerprint density at radius 1 is 1.26 bits per heavy atom. The molecule has 0 aromatic heterocycles. The van der Waals surface area contributed by atoms with Crippen molar-refractivity contribution in [2.24, 2.45) is 11.1 Å². The minimum atomic E-state index is 0.103. The van der Waals surface area contributed by atoms with Crippen molar-refractivity contribution in [3.63, 3.8) is 0 Å². The largest absolute Gasteiger partial charge is 0.454 e. The SMILES string of the molecule is CN(C)C(c1ccc2c(c1)OCO2)C(C)(C)CCN. The van der Waals surface area contributed by atoms with Crippen molar-refractivity contribution >= 4 is 0 Å². The van der Waals surface area contributed by atoms with Crippen molar-refractivity contribution in [1.29, 1.82) is 0 Å². The molecular formula is C15H24N2O2. The van der Waals surface area contributed by atoms with Crippen molar-refractivity contribution < 1.29 is 9.47 Å². The lowest BCUT2D eigenvalue weighted by molar-refractivity contribution is 0.128. The van der Waals surface area contributed by atoms with E-state index >= 15 is 0 Å². The van der Waals surface area contributed by atoms with E-state index in [1.165, 1.54) is 5.56 Å². The van der Waals surface area contributed by atoms with Crippen molar-refractivity contribution in [3.8, 4) is 11.5 Å². The first-order valence-electron chi connectivity index (χ1n) is 6.72. The van der Waals surface area contributed by atoms with E-state index in [1.807, 2.05) is 6.07 Å². The highest BCUT2D eigenvalue weighted by molar-refractivity contribution is 5.45. The fourth-order valence-electron chi connectivity index (χ4n) is 3.04. The van der Waals surface area contributed by atoms with Gasteiger partial charge in [0.05, 0.1) is 0 Å². The fourth-order valence-corrected chi connectivity index (χ4v) is 3.04. The Labute approximate surface area is 115 Å². The van der Waals surface area contributed by atoms with Crippen molar-refractivity contribution in [3.05, 3.63) is 23.8 Å². The maximum Gasteiger partial charge on any atom is 0.231 e. The van der Waals surface area contributed by atoms with Crippen LogP contribution in [0, 0.1) is 5.41 Å². The van der Waals surface area contributed by atoms with Gasteiger partial charge in [0.25, 0.3) is 0 Å². The quantitative estimate of drug-likeness (QED) is 0.887. The molecule has 1 unspecified atom stereocenters. The number of nitrogens with zero attached hydrogens (tertiary/aromatic N) is 1. The predicted octanol–water partition coefficient (Wildman–Crippen LogP) is 2.39. The smallest absolute Gasteiger partial charge is 0.231 e. The zero-order valence-electron chi connectivity index (χ0n) is 12.3. The molecule has 0 saturated carbocycles. The van der Waals surface area contributed by atoms with Gasteiger partial charge in [-0.15, -0.1) is 0 Å². The molecule has 0 fully saturated rings. The molecule has 1 atom stereocenters. The molecule has 19 heavy (non-hydrogen) atoms. The van der Waals surface area contributed by atoms with E-state index < -0.39 is 0 Å². The van der Waals surface area contributed by atoms with Crippen LogP contribution in [0.3, 0.4) is 0 Å². The molecule has 0 aliphatic carbocycles. The molecular weight excluding hydrogens is 240 g/mol. The number of rotatable bonds is 5. The number of benzene rings is 1. The minimum Gasteiger partial charge on any atom is -0.454 e. The van der Waals surface area contributed by atoms with Gasteiger partial charge in [-0.3, -0.25) is 0 Å². The van der Waals surface area contributed by atoms with Crippen LogP contribution in [0.25, 0.3) is 0 Å². The predicted molar refractivity (Wildman–Crippen MR) is 76.4 cm³/mol. The Balaban J connectivity index is 2.34. The van der Waals surface area contributed by atoms with Gasteiger partial charge in [0.1, 0.15) is 0 Å². The Hall–Kier alpha value is -1.26. The summed E-state index contributed by atoms with van der Waals surface area (Å²) >= 11 is 0. The van der Waals surface area contributed by atoms with Crippen LogP contribution in [0.5, 0.6) is 11.5 Å². The van der Waals surface area contributed by atoms with Crippen molar-refractivity contribution in [1.82, 2.24) is 4.90 Å². The second-order valence-corrected chi connectivity index (χ2v) is 6.01. The maximum absolute atomic E-state index is 5.76. The summed E-state index contributed by atoms with van der Waals surface area (Å²) in [4.78, 5) is 2.24. The van der Waals surface area contributed by atoms with Crippen molar-refractivity contribution in [2.45, 2.75) is 26.3 Å². The van der Waals surface area contributed by atoms with Gasteiger partial charge in [0.2, 0.25) is 6.79 Å². The lowest BCUT2D eigenvalue weighted by Gasteiger charge is -2.39. The summed E-state index contributed by atoms with van der Waals surface area (Å²) < 4.78 is 10.8. The third kappa shape index (κ3) is 2.85. The van der Waals surface area contributed by atoms with Gasteiger partial charge in [0.15, 0.2) is 11.5 Å². The van der Waals surface area contributed by atoms with Crippen LogP contribution in [0.1, 0.15) is 31.9 Å². The normalized spacial score (nSPS) is 15.9. The topological polar surface area (TPSA) is 47.7 Å². The van der Waals surface area contributed by atoms with E-state index in [1.54, 1.807) is 0 Å². The van der Waals surface area contributed by atoms with Crippen LogP contribution in [0.2, 0.25) is 0 Å². The van der Waals surface area contributed by atoms with Gasteiger partial charge in [0, 0.05) is 6.04 Å². The van der Waals surface area contributed by atoms with Gasteiger partial charge in [-0.25, -0.2) is 0 Å². The van der Waals surface area contributed by atoms with E-state index in [9.17, 15) is 0 Å². The van der Waals surface area contributed by atoms with Crippen LogP contribution >= 0.6 is 0 Å². The number of fused-ring (bicyclic) bond motifs is 1. The highest BCUT2D eigenvalue weighted by Gasteiger charge is 2.32. The third-order valence-corrected chi connectivity index (χ3v) is 3.76. The lowest BCUT2D eigenvalue weighted by atomic mass is 9.77. The average molecular weight is 264 g/mol. The number of nitrogens with two attached hydrogens (primary N) is 1. The molecule has 0 bridgehead atoms. The van der Waals surface area contributed by atoms with E-state index in [0.29, 0.717) is 19.4 Å². The van der Waals surface area contributed by atoms with Gasteiger partial charge >= 0.3 is 0 Å². The molecule has 0 amide bonds. The van der Waals surface area contributed by atoms with E-state index in [0.717, 1.165) is 17.9 Å². The van der Waals surface area contributed by atoms with Crippen LogP contribution < -0.4 is 15.2 Å². The Morgan fingerprint density at radius 3 is 2.58 bits per heavy atom. The minimum absolute atomic E-state index is 0.103. The molecule has 1 aromatic carbocycles. The third-order valence-electron chi connectivity index (χ3n) is 3.76. The molecule has 1 aromatic rings. The van der Waals surface area contributed by atoms with Gasteiger partial charge < -0.3 is 20.1 Å². The monoisotopic (exact) mass is 264 g/mol. The zero-order chi connectivity index (χ0) is 14.0. The maximum atomic E-state index is 5.76. The van der Waals surface area contributed by atoms with E-state index in [-0.39, 0.29) is 5.41 Å². The summed E-state index contributed by atoms with van der Waals surface area (Å²) in [7, 11) is 4.21. The molecule has 0 saturated heterocycles. The molecule has 1 aliphatic rings. The van der Waals surface area contributed by atoms with Gasteiger partial charge in [-0.2, -0.15) is 0 Å². The molecule has 2 rings (SSSR count). The first-order valence-corrected chi connectivity index (χ1v) is 6.72. The number of hydrogen-bond acceptors (Lipinski definition) is 4. The second kappa shape index (κ2) is 5.39. The van der Waals surface area contributed by atoms with Crippen molar-refractivity contribution in [2.75, 3.05) is 27.4 Å². The number of hydrogen-bond donors (Lipinski definition) is 1. The van der Waals surface area contributed by atoms with Crippen LogP contribution in [0.15, 0.2) is 18.2 Å². The average Bonchev–Trinajstić information content (AvgIpc) is 2.75. The molecule has 4 nitrogen and oxygen atoms in total. The molecule has 2 N–H and O–H groups in total. The summed E-state index contributed by atoms with van der Waals surface area (Å²) in [5, 5.41) is 0. The molecule has 4 heteroatoms. The van der Waals surface area contributed by atoms with Gasteiger partial charge in [-0.1, -0.05) is 19.9 Å². The molecule has 0 spiro atoms. The number of ether oxygens (including phenoxy) is 2.